The highest BCUT2D eigenvalue weighted by Gasteiger charge is 2.21. The van der Waals surface area contributed by atoms with Crippen LogP contribution in [-0.4, -0.2) is 35.1 Å². The Morgan fingerprint density at radius 1 is 1.46 bits per heavy atom. The predicted octanol–water partition coefficient (Wildman–Crippen LogP) is 0.936. The summed E-state index contributed by atoms with van der Waals surface area (Å²) in [5, 5.41) is 9.12. The van der Waals surface area contributed by atoms with Crippen LogP contribution in [0.15, 0.2) is 11.1 Å². The number of hydrogen-bond acceptors (Lipinski definition) is 2. The van der Waals surface area contributed by atoms with E-state index >= 15 is 0 Å². The average Bonchev–Trinajstić information content (AvgIpc) is 2.08. The van der Waals surface area contributed by atoms with Crippen LogP contribution in [0.3, 0.4) is 0 Å². The maximum Gasteiger partial charge on any atom is 0.251 e. The van der Waals surface area contributed by atoms with Crippen LogP contribution in [0.5, 0.6) is 0 Å². The maximum absolute atomic E-state index is 11.4. The Bertz CT molecular complexity index is 243. The van der Waals surface area contributed by atoms with Crippen LogP contribution in [0.1, 0.15) is 27.2 Å². The van der Waals surface area contributed by atoms with E-state index in [0.29, 0.717) is 6.54 Å². The molecule has 1 aliphatic rings. The summed E-state index contributed by atoms with van der Waals surface area (Å²) in [5.74, 6) is -0.160. The number of amides is 1. The lowest BCUT2D eigenvalue weighted by atomic mass is 10.0. The van der Waals surface area contributed by atoms with Crippen molar-refractivity contribution in [2.45, 2.75) is 33.3 Å². The van der Waals surface area contributed by atoms with E-state index in [1.165, 1.54) is 18.1 Å². The molecule has 13 heavy (non-hydrogen) atoms. The van der Waals surface area contributed by atoms with E-state index in [4.69, 9.17) is 5.11 Å². The van der Waals surface area contributed by atoms with Crippen LogP contribution < -0.4 is 0 Å². The third-order valence-electron chi connectivity index (χ3n) is 2.58. The van der Waals surface area contributed by atoms with E-state index in [1.807, 2.05) is 6.92 Å². The second-order valence-electron chi connectivity index (χ2n) is 3.75. The molecule has 1 amide bonds. The molecule has 3 heteroatoms. The number of nitrogens with zero attached hydrogens (tertiary/aromatic N) is 1. The largest absolute Gasteiger partial charge is 0.384 e. The molecule has 1 heterocycles. The second kappa shape index (κ2) is 3.92. The monoisotopic (exact) mass is 183 g/mol. The molecule has 0 aromatic heterocycles. The molecule has 1 aliphatic heterocycles. The minimum absolute atomic E-state index is 0.160. The summed E-state index contributed by atoms with van der Waals surface area (Å²) in [6.45, 7) is 7.07. The Balaban J connectivity index is 2.63. The van der Waals surface area contributed by atoms with Gasteiger partial charge in [-0.3, -0.25) is 4.79 Å². The van der Waals surface area contributed by atoms with Gasteiger partial charge in [0.15, 0.2) is 0 Å². The molecule has 0 radical (unpaired) electrons. The average molecular weight is 183 g/mol. The SMILES string of the molecule is CC1=C(C)CN(C(=O)[C@@H](C)O)CC1. The molecule has 1 atom stereocenters. The number of carbonyl (C=O) groups is 1. The quantitative estimate of drug-likeness (QED) is 0.614. The molecule has 1 rings (SSSR count). The fourth-order valence-electron chi connectivity index (χ4n) is 1.47. The fraction of sp³-hybridized carbons (Fsp3) is 0.700. The summed E-state index contributed by atoms with van der Waals surface area (Å²) in [7, 11) is 0. The van der Waals surface area contributed by atoms with E-state index in [9.17, 15) is 4.79 Å². The minimum atomic E-state index is -0.869. The lowest BCUT2D eigenvalue weighted by molar-refractivity contribution is -0.139. The summed E-state index contributed by atoms with van der Waals surface area (Å²) in [6.07, 6.45) is 0.0656. The molecular formula is C10H17NO2. The molecule has 0 aromatic carbocycles. The number of carbonyl (C=O) groups excluding carboxylic acids is 1. The predicted molar refractivity (Wildman–Crippen MR) is 51.3 cm³/mol. The number of aliphatic hydroxyl groups is 1. The van der Waals surface area contributed by atoms with Gasteiger partial charge in [0.05, 0.1) is 0 Å². The van der Waals surface area contributed by atoms with Gasteiger partial charge in [-0.25, -0.2) is 0 Å². The van der Waals surface area contributed by atoms with E-state index in [-0.39, 0.29) is 5.91 Å². The van der Waals surface area contributed by atoms with Gasteiger partial charge >= 0.3 is 0 Å². The first-order valence-corrected chi connectivity index (χ1v) is 4.64. The van der Waals surface area contributed by atoms with Crippen molar-refractivity contribution >= 4 is 5.91 Å². The van der Waals surface area contributed by atoms with Gasteiger partial charge in [-0.15, -0.1) is 0 Å². The Hall–Kier alpha value is -0.830. The molecule has 0 spiro atoms. The van der Waals surface area contributed by atoms with Crippen molar-refractivity contribution in [2.75, 3.05) is 13.1 Å². The zero-order valence-corrected chi connectivity index (χ0v) is 8.50. The van der Waals surface area contributed by atoms with Gasteiger partial charge in [-0.1, -0.05) is 11.1 Å². The normalized spacial score (nSPS) is 20.5. The van der Waals surface area contributed by atoms with Crippen LogP contribution >= 0.6 is 0 Å². The first-order valence-electron chi connectivity index (χ1n) is 4.64. The minimum Gasteiger partial charge on any atom is -0.384 e. The third-order valence-corrected chi connectivity index (χ3v) is 2.58. The van der Waals surface area contributed by atoms with Crippen LogP contribution in [0.25, 0.3) is 0 Å². The summed E-state index contributed by atoms with van der Waals surface area (Å²) in [4.78, 5) is 13.1. The molecule has 74 valence electrons. The molecule has 0 unspecified atom stereocenters. The van der Waals surface area contributed by atoms with E-state index < -0.39 is 6.10 Å². The highest BCUT2D eigenvalue weighted by atomic mass is 16.3. The lowest BCUT2D eigenvalue weighted by Crippen LogP contribution is -2.41. The van der Waals surface area contributed by atoms with Gasteiger partial charge in [0.1, 0.15) is 6.10 Å². The van der Waals surface area contributed by atoms with Crippen LogP contribution in [-0.2, 0) is 4.79 Å². The van der Waals surface area contributed by atoms with Crippen LogP contribution in [0.2, 0.25) is 0 Å². The van der Waals surface area contributed by atoms with Crippen molar-refractivity contribution in [3.63, 3.8) is 0 Å². The summed E-state index contributed by atoms with van der Waals surface area (Å²) in [6, 6.07) is 0. The molecule has 0 aromatic rings. The third kappa shape index (κ3) is 2.31. The molecule has 0 aliphatic carbocycles. The van der Waals surface area contributed by atoms with Crippen molar-refractivity contribution in [3.8, 4) is 0 Å². The first-order chi connectivity index (χ1) is 6.02. The van der Waals surface area contributed by atoms with Crippen molar-refractivity contribution < 1.29 is 9.90 Å². The van der Waals surface area contributed by atoms with Crippen molar-refractivity contribution in [1.82, 2.24) is 4.90 Å². The lowest BCUT2D eigenvalue weighted by Gasteiger charge is -2.29. The summed E-state index contributed by atoms with van der Waals surface area (Å²) in [5.41, 5.74) is 2.62. The van der Waals surface area contributed by atoms with Gasteiger partial charge in [0.25, 0.3) is 5.91 Å². The van der Waals surface area contributed by atoms with Crippen molar-refractivity contribution in [2.24, 2.45) is 0 Å². The number of rotatable bonds is 1. The number of hydrogen-bond donors (Lipinski definition) is 1. The zero-order valence-electron chi connectivity index (χ0n) is 8.50. The molecule has 0 saturated heterocycles. The first kappa shape index (κ1) is 10.3. The van der Waals surface area contributed by atoms with Crippen molar-refractivity contribution in [1.29, 1.82) is 0 Å². The maximum atomic E-state index is 11.4. The summed E-state index contributed by atoms with van der Waals surface area (Å²) < 4.78 is 0. The fourth-order valence-corrected chi connectivity index (χ4v) is 1.47. The van der Waals surface area contributed by atoms with Crippen molar-refractivity contribution in [3.05, 3.63) is 11.1 Å². The Morgan fingerprint density at radius 2 is 2.08 bits per heavy atom. The second-order valence-corrected chi connectivity index (χ2v) is 3.75. The van der Waals surface area contributed by atoms with Gasteiger partial charge < -0.3 is 10.0 Å². The standard InChI is InChI=1S/C10H17NO2/c1-7-4-5-11(6-8(7)2)10(13)9(3)12/h9,12H,4-6H2,1-3H3/t9-/m1/s1. The van der Waals surface area contributed by atoms with Gasteiger partial charge in [-0.2, -0.15) is 0 Å². The topological polar surface area (TPSA) is 40.5 Å². The number of aliphatic hydroxyl groups excluding tert-OH is 1. The van der Waals surface area contributed by atoms with E-state index in [0.717, 1.165) is 13.0 Å². The summed E-state index contributed by atoms with van der Waals surface area (Å²) >= 11 is 0. The van der Waals surface area contributed by atoms with Gasteiger partial charge in [0.2, 0.25) is 0 Å². The molecule has 1 N–H and O–H groups in total. The van der Waals surface area contributed by atoms with E-state index in [1.54, 1.807) is 4.90 Å². The molecule has 0 fully saturated rings. The highest BCUT2D eigenvalue weighted by molar-refractivity contribution is 5.80. The van der Waals surface area contributed by atoms with Gasteiger partial charge in [-0.05, 0) is 27.2 Å². The highest BCUT2D eigenvalue weighted by Crippen LogP contribution is 2.17. The zero-order chi connectivity index (χ0) is 10.0. The Morgan fingerprint density at radius 3 is 2.54 bits per heavy atom. The molecular weight excluding hydrogens is 166 g/mol. The Labute approximate surface area is 79.0 Å². The van der Waals surface area contributed by atoms with E-state index in [2.05, 4.69) is 6.92 Å². The molecule has 0 bridgehead atoms. The molecule has 3 nitrogen and oxygen atoms in total. The van der Waals surface area contributed by atoms with Gasteiger partial charge in [0, 0.05) is 13.1 Å². The molecule has 0 saturated carbocycles. The Kier molecular flexibility index (Phi) is 3.09. The smallest absolute Gasteiger partial charge is 0.251 e. The van der Waals surface area contributed by atoms with Crippen LogP contribution in [0, 0.1) is 0 Å². The van der Waals surface area contributed by atoms with Crippen LogP contribution in [0.4, 0.5) is 0 Å².